The van der Waals surface area contributed by atoms with Crippen LogP contribution >= 0.6 is 23.4 Å². The number of benzene rings is 1. The molecule has 0 bridgehead atoms. The van der Waals surface area contributed by atoms with Crippen molar-refractivity contribution in [1.29, 1.82) is 0 Å². The van der Waals surface area contributed by atoms with Gasteiger partial charge in [-0.3, -0.25) is 0 Å². The summed E-state index contributed by atoms with van der Waals surface area (Å²) in [6.07, 6.45) is 0. The molecule has 0 atom stereocenters. The van der Waals surface area contributed by atoms with Gasteiger partial charge in [-0.2, -0.15) is 0 Å². The summed E-state index contributed by atoms with van der Waals surface area (Å²) in [4.78, 5) is 0. The fourth-order valence-corrected chi connectivity index (χ4v) is 2.12. The van der Waals surface area contributed by atoms with Gasteiger partial charge < -0.3 is 10.2 Å². The van der Waals surface area contributed by atoms with Crippen LogP contribution in [0.4, 0.5) is 4.39 Å². The average molecular weight is 274 g/mol. The Morgan fingerprint density at radius 2 is 2.24 bits per heavy atom. The second-order valence-corrected chi connectivity index (χ2v) is 4.55. The zero-order valence-corrected chi connectivity index (χ0v) is 10.3. The highest BCUT2D eigenvalue weighted by Crippen LogP contribution is 2.24. The van der Waals surface area contributed by atoms with E-state index in [-0.39, 0.29) is 12.4 Å². The molecule has 17 heavy (non-hydrogen) atoms. The molecule has 0 radical (unpaired) electrons. The molecule has 7 heteroatoms. The summed E-state index contributed by atoms with van der Waals surface area (Å²) >= 11 is 7.02. The van der Waals surface area contributed by atoms with Crippen LogP contribution in [0, 0.1) is 5.82 Å². The molecule has 2 N–H and O–H groups in total. The lowest BCUT2D eigenvalue weighted by Crippen LogP contribution is -1.95. The van der Waals surface area contributed by atoms with Crippen LogP contribution in [-0.4, -0.2) is 10.2 Å². The Kier molecular flexibility index (Phi) is 3.98. The van der Waals surface area contributed by atoms with Crippen LogP contribution in [-0.2, 0) is 12.3 Å². The fraction of sp³-hybridized carbons (Fsp3) is 0.200. The molecule has 0 saturated heterocycles. The standard InChI is InChI=1S/C10H9ClFN3OS/c11-7-1-2-8(12)6(3-7)5-17-10-15-14-9(4-13)16-10/h1-3H,4-5,13H2. The third kappa shape index (κ3) is 3.18. The number of hydrogen-bond acceptors (Lipinski definition) is 5. The Labute approximate surface area is 106 Å². The number of halogens is 2. The Morgan fingerprint density at radius 1 is 1.41 bits per heavy atom. The lowest BCUT2D eigenvalue weighted by molar-refractivity contribution is 0.414. The molecule has 0 aliphatic heterocycles. The Morgan fingerprint density at radius 3 is 2.94 bits per heavy atom. The SMILES string of the molecule is NCc1nnc(SCc2cc(Cl)ccc2F)o1. The van der Waals surface area contributed by atoms with Crippen LogP contribution in [0.5, 0.6) is 0 Å². The van der Waals surface area contributed by atoms with Crippen molar-refractivity contribution >= 4 is 23.4 Å². The minimum absolute atomic E-state index is 0.194. The van der Waals surface area contributed by atoms with Gasteiger partial charge in [0.15, 0.2) is 0 Å². The highest BCUT2D eigenvalue weighted by Gasteiger charge is 2.08. The van der Waals surface area contributed by atoms with Crippen molar-refractivity contribution in [1.82, 2.24) is 10.2 Å². The largest absolute Gasteiger partial charge is 0.415 e. The first-order valence-corrected chi connectivity index (χ1v) is 6.14. The topological polar surface area (TPSA) is 64.9 Å². The van der Waals surface area contributed by atoms with E-state index in [9.17, 15) is 4.39 Å². The van der Waals surface area contributed by atoms with Gasteiger partial charge in [0.2, 0.25) is 5.89 Å². The summed E-state index contributed by atoms with van der Waals surface area (Å²) in [6, 6.07) is 4.41. The van der Waals surface area contributed by atoms with Gasteiger partial charge in [-0.15, -0.1) is 10.2 Å². The van der Waals surface area contributed by atoms with E-state index in [0.29, 0.717) is 27.5 Å². The van der Waals surface area contributed by atoms with Gasteiger partial charge >= 0.3 is 0 Å². The lowest BCUT2D eigenvalue weighted by Gasteiger charge is -2.01. The zero-order chi connectivity index (χ0) is 12.3. The number of thioether (sulfide) groups is 1. The molecule has 1 aromatic heterocycles. The summed E-state index contributed by atoms with van der Waals surface area (Å²) in [5.74, 6) is 0.429. The van der Waals surface area contributed by atoms with E-state index < -0.39 is 0 Å². The average Bonchev–Trinajstić information content (AvgIpc) is 2.78. The molecular weight excluding hydrogens is 265 g/mol. The van der Waals surface area contributed by atoms with Crippen LogP contribution in [0.2, 0.25) is 5.02 Å². The maximum Gasteiger partial charge on any atom is 0.276 e. The molecule has 0 aliphatic rings. The van der Waals surface area contributed by atoms with E-state index in [1.807, 2.05) is 0 Å². The summed E-state index contributed by atoms with van der Waals surface area (Å²) in [5.41, 5.74) is 5.83. The van der Waals surface area contributed by atoms with Crippen molar-refractivity contribution in [2.24, 2.45) is 5.73 Å². The van der Waals surface area contributed by atoms with Crippen molar-refractivity contribution in [3.63, 3.8) is 0 Å². The van der Waals surface area contributed by atoms with E-state index in [2.05, 4.69) is 10.2 Å². The normalized spacial score (nSPS) is 10.8. The molecule has 0 saturated carbocycles. The summed E-state index contributed by atoms with van der Waals surface area (Å²) in [7, 11) is 0. The summed E-state index contributed by atoms with van der Waals surface area (Å²) in [6.45, 7) is 0.194. The molecular formula is C10H9ClFN3OS. The van der Waals surface area contributed by atoms with Crippen molar-refractivity contribution in [2.45, 2.75) is 17.5 Å². The predicted molar refractivity (Wildman–Crippen MR) is 63.2 cm³/mol. The molecule has 2 rings (SSSR count). The number of aromatic nitrogens is 2. The van der Waals surface area contributed by atoms with E-state index in [1.54, 1.807) is 6.07 Å². The van der Waals surface area contributed by atoms with Crippen LogP contribution in [0.15, 0.2) is 27.8 Å². The van der Waals surface area contributed by atoms with Gasteiger partial charge in [0.25, 0.3) is 5.22 Å². The van der Waals surface area contributed by atoms with Gasteiger partial charge in [0.05, 0.1) is 6.54 Å². The molecule has 0 aliphatic carbocycles. The Balaban J connectivity index is 2.04. The first kappa shape index (κ1) is 12.3. The van der Waals surface area contributed by atoms with Crippen LogP contribution in [0.3, 0.4) is 0 Å². The molecule has 1 aromatic carbocycles. The maximum absolute atomic E-state index is 13.4. The van der Waals surface area contributed by atoms with Gasteiger partial charge in [-0.1, -0.05) is 23.4 Å². The fourth-order valence-electron chi connectivity index (χ4n) is 1.17. The molecule has 0 amide bonds. The van der Waals surface area contributed by atoms with Crippen molar-refractivity contribution < 1.29 is 8.81 Å². The Hall–Kier alpha value is -1.11. The molecule has 0 fully saturated rings. The number of nitrogens with zero attached hydrogens (tertiary/aromatic N) is 2. The van der Waals surface area contributed by atoms with Gasteiger partial charge in [0, 0.05) is 10.8 Å². The molecule has 0 spiro atoms. The molecule has 4 nitrogen and oxygen atoms in total. The third-order valence-corrected chi connectivity index (χ3v) is 3.08. The first-order chi connectivity index (χ1) is 8.19. The third-order valence-electron chi connectivity index (χ3n) is 1.98. The second kappa shape index (κ2) is 5.48. The minimum atomic E-state index is -0.305. The van der Waals surface area contributed by atoms with E-state index >= 15 is 0 Å². The number of nitrogens with two attached hydrogens (primary N) is 1. The van der Waals surface area contributed by atoms with Crippen LogP contribution in [0.1, 0.15) is 11.5 Å². The maximum atomic E-state index is 13.4. The highest BCUT2D eigenvalue weighted by molar-refractivity contribution is 7.98. The van der Waals surface area contributed by atoms with Crippen molar-refractivity contribution in [3.8, 4) is 0 Å². The minimum Gasteiger partial charge on any atom is -0.415 e. The molecule has 1 heterocycles. The molecule has 0 unspecified atom stereocenters. The number of rotatable bonds is 4. The molecule has 2 aromatic rings. The number of hydrogen-bond donors (Lipinski definition) is 1. The van der Waals surface area contributed by atoms with Crippen molar-refractivity contribution in [3.05, 3.63) is 40.5 Å². The van der Waals surface area contributed by atoms with E-state index in [0.717, 1.165) is 0 Å². The van der Waals surface area contributed by atoms with Crippen LogP contribution in [0.25, 0.3) is 0 Å². The molecule has 90 valence electrons. The smallest absolute Gasteiger partial charge is 0.276 e. The van der Waals surface area contributed by atoms with Gasteiger partial charge in [-0.25, -0.2) is 4.39 Å². The van der Waals surface area contributed by atoms with Crippen molar-refractivity contribution in [2.75, 3.05) is 0 Å². The second-order valence-electron chi connectivity index (χ2n) is 3.19. The summed E-state index contributed by atoms with van der Waals surface area (Å²) < 4.78 is 18.6. The van der Waals surface area contributed by atoms with Crippen LogP contribution < -0.4 is 5.73 Å². The quantitative estimate of drug-likeness (QED) is 0.868. The van der Waals surface area contributed by atoms with E-state index in [1.165, 1.54) is 23.9 Å². The highest BCUT2D eigenvalue weighted by atomic mass is 35.5. The first-order valence-electron chi connectivity index (χ1n) is 4.78. The van der Waals surface area contributed by atoms with Gasteiger partial charge in [-0.05, 0) is 23.8 Å². The zero-order valence-electron chi connectivity index (χ0n) is 8.69. The monoisotopic (exact) mass is 273 g/mol. The van der Waals surface area contributed by atoms with E-state index in [4.69, 9.17) is 21.8 Å². The lowest BCUT2D eigenvalue weighted by atomic mass is 10.2. The Bertz CT molecular complexity index is 520. The van der Waals surface area contributed by atoms with Gasteiger partial charge in [0.1, 0.15) is 5.82 Å². The predicted octanol–water partition coefficient (Wildman–Crippen LogP) is 2.61. The summed E-state index contributed by atoms with van der Waals surface area (Å²) in [5, 5.41) is 8.33.